The molecule has 17 heavy (non-hydrogen) atoms. The van der Waals surface area contributed by atoms with Crippen LogP contribution in [0.25, 0.3) is 0 Å². The average Bonchev–Trinajstić information content (AvgIpc) is 2.45. The minimum Gasteiger partial charge on any atom is 0 e. The van der Waals surface area contributed by atoms with Crippen molar-refractivity contribution in [3.8, 4) is 6.07 Å². The molecular formula is C11H8MnNO4. The van der Waals surface area contributed by atoms with E-state index < -0.39 is 0 Å². The number of rotatable bonds is 1. The number of hydrogen-bond acceptors (Lipinski definition) is 2. The molecule has 0 unspecified atom stereocenters. The molecule has 0 aromatic heterocycles. The van der Waals surface area contributed by atoms with Crippen LogP contribution in [0.1, 0.15) is 6.42 Å². The van der Waals surface area contributed by atoms with E-state index in [1.165, 1.54) is 0 Å². The maximum absolute atomic E-state index is 8.44. The summed E-state index contributed by atoms with van der Waals surface area (Å²) in [6, 6.07) is 2.08. The van der Waals surface area contributed by atoms with Crippen LogP contribution in [0.2, 0.25) is 0 Å². The molecule has 1 saturated carbocycles. The maximum atomic E-state index is 8.44. The maximum Gasteiger partial charge on any atom is 0 e. The third kappa shape index (κ3) is 15.2. The fraction of sp³-hybridized carbons (Fsp3) is 0.182. The normalized spacial score (nSPS) is 13.5. The van der Waals surface area contributed by atoms with E-state index in [0.29, 0.717) is 6.42 Å². The summed E-state index contributed by atoms with van der Waals surface area (Å²) in [5.74, 6) is 0.779. The summed E-state index contributed by atoms with van der Waals surface area (Å²) in [7, 11) is 1.62. The Morgan fingerprint density at radius 1 is 1.18 bits per heavy atom. The fourth-order valence-electron chi connectivity index (χ4n) is 0.764. The van der Waals surface area contributed by atoms with Crippen LogP contribution in [-0.2, 0) is 35.8 Å². The number of ether oxygens (including phenoxy) is 1. The van der Waals surface area contributed by atoms with Crippen molar-refractivity contribution in [2.75, 3.05) is 7.11 Å². The van der Waals surface area contributed by atoms with E-state index in [4.69, 9.17) is 24.0 Å². The molecule has 0 heterocycles. The first-order valence-corrected chi connectivity index (χ1v) is 3.66. The van der Waals surface area contributed by atoms with Crippen LogP contribution < -0.4 is 0 Å². The zero-order chi connectivity index (χ0) is 13.4. The van der Waals surface area contributed by atoms with Crippen molar-refractivity contribution in [2.45, 2.75) is 6.42 Å². The Balaban J connectivity index is -0.000000106. The number of nitriles is 1. The molecule has 6 radical (unpaired) electrons. The predicted octanol–water partition coefficient (Wildman–Crippen LogP) is 1.16. The van der Waals surface area contributed by atoms with Crippen molar-refractivity contribution in [1.29, 1.82) is 5.26 Å². The van der Waals surface area contributed by atoms with Gasteiger partial charge < -0.3 is 4.74 Å². The van der Waals surface area contributed by atoms with E-state index in [0.717, 1.165) is 12.0 Å². The zero-order valence-electron chi connectivity index (χ0n) is 8.90. The number of hydrogen-bond donors (Lipinski definition) is 0. The van der Waals surface area contributed by atoms with E-state index in [1.807, 2.05) is 6.42 Å². The number of methoxy groups -OCH3 is 1. The molecule has 88 valence electrons. The van der Waals surface area contributed by atoms with E-state index in [-0.39, 0.29) is 17.1 Å². The summed E-state index contributed by atoms with van der Waals surface area (Å²) in [4.78, 5) is 0. The molecule has 0 aliphatic heterocycles. The van der Waals surface area contributed by atoms with Gasteiger partial charge in [0.25, 0.3) is 0 Å². The molecule has 1 aliphatic rings. The van der Waals surface area contributed by atoms with Crippen molar-refractivity contribution in [3.05, 3.63) is 51.2 Å². The second kappa shape index (κ2) is 24.4. The molecule has 1 fully saturated rings. The van der Waals surface area contributed by atoms with Crippen LogP contribution in [0, 0.1) is 62.6 Å². The Morgan fingerprint density at radius 2 is 1.65 bits per heavy atom. The van der Waals surface area contributed by atoms with Gasteiger partial charge in [-0.1, -0.05) is 0 Å². The van der Waals surface area contributed by atoms with Gasteiger partial charge in [-0.15, -0.1) is 0 Å². The molecule has 0 bridgehead atoms. The standard InChI is InChI=1S/C8H8NO.3CO.Mn/c1-10-8-4-2-7(6-9)3-5-8;3*1-2;/h2,4-5H,3H2,1H3;;;;. The Labute approximate surface area is 112 Å². The summed E-state index contributed by atoms with van der Waals surface area (Å²) in [6.07, 6.45) is 6.98. The summed E-state index contributed by atoms with van der Waals surface area (Å²) in [5, 5.41) is 8.44. The van der Waals surface area contributed by atoms with Crippen molar-refractivity contribution < 1.29 is 35.8 Å². The Kier molecular flexibility index (Phi) is 36.1. The summed E-state index contributed by atoms with van der Waals surface area (Å²) < 4.78 is 27.4. The average molecular weight is 273 g/mol. The predicted molar refractivity (Wildman–Crippen MR) is 48.4 cm³/mol. The van der Waals surface area contributed by atoms with Gasteiger partial charge in [-0.3, -0.25) is 0 Å². The Hall–Kier alpha value is -0.811. The van der Waals surface area contributed by atoms with Gasteiger partial charge in [0.05, 0.1) is 12.0 Å². The van der Waals surface area contributed by atoms with Gasteiger partial charge in [-0.25, -0.2) is 0 Å². The number of nitrogens with zero attached hydrogens (tertiary/aromatic N) is 1. The van der Waals surface area contributed by atoms with Crippen molar-refractivity contribution in [3.63, 3.8) is 0 Å². The molecule has 0 atom stereocenters. The first-order chi connectivity index (χ1) is 7.86. The minimum absolute atomic E-state index is 0. The molecule has 6 heteroatoms. The van der Waals surface area contributed by atoms with E-state index in [9.17, 15) is 0 Å². The molecule has 0 spiro atoms. The van der Waals surface area contributed by atoms with Gasteiger partial charge in [-0.2, -0.15) is 5.26 Å². The smallest absolute Gasteiger partial charge is 0 e. The van der Waals surface area contributed by atoms with Gasteiger partial charge in [0.1, 0.15) is 6.10 Å². The monoisotopic (exact) mass is 273 g/mol. The molecular weight excluding hydrogens is 265 g/mol. The summed E-state index contributed by atoms with van der Waals surface area (Å²) in [5.41, 5.74) is 0. The topological polar surface area (TPSA) is 92.7 Å². The van der Waals surface area contributed by atoms with Gasteiger partial charge in [0.2, 0.25) is 0 Å². The van der Waals surface area contributed by atoms with Crippen LogP contribution in [0.15, 0.2) is 0 Å². The summed E-state index contributed by atoms with van der Waals surface area (Å²) >= 11 is 0. The molecule has 0 aromatic rings. The second-order valence-corrected chi connectivity index (χ2v) is 1.99. The van der Waals surface area contributed by atoms with E-state index in [1.54, 1.807) is 20.0 Å². The molecule has 1 rings (SSSR count). The zero-order valence-corrected chi connectivity index (χ0v) is 10.1. The largest absolute Gasteiger partial charge is 0 e. The first kappa shape index (κ1) is 25.1. The Morgan fingerprint density at radius 3 is 1.88 bits per heavy atom. The van der Waals surface area contributed by atoms with Crippen molar-refractivity contribution in [1.82, 2.24) is 0 Å². The fourth-order valence-corrected chi connectivity index (χ4v) is 0.764. The van der Waals surface area contributed by atoms with Crippen LogP contribution in [0.3, 0.4) is 0 Å². The van der Waals surface area contributed by atoms with Gasteiger partial charge in [0.15, 0.2) is 0 Å². The Bertz CT molecular complexity index is 222. The van der Waals surface area contributed by atoms with Crippen LogP contribution in [-0.4, -0.2) is 7.11 Å². The molecule has 0 aromatic carbocycles. The molecule has 0 N–H and O–H groups in total. The third-order valence-corrected chi connectivity index (χ3v) is 1.35. The molecule has 0 amide bonds. The van der Waals surface area contributed by atoms with Crippen LogP contribution >= 0.6 is 0 Å². The van der Waals surface area contributed by atoms with Crippen molar-refractivity contribution >= 4 is 0 Å². The molecule has 5 nitrogen and oxygen atoms in total. The molecule has 0 saturated heterocycles. The summed E-state index contributed by atoms with van der Waals surface area (Å²) in [6.45, 7) is 13.5. The van der Waals surface area contributed by atoms with E-state index >= 15 is 0 Å². The minimum atomic E-state index is 0. The van der Waals surface area contributed by atoms with Gasteiger partial charge in [-0.05, 0) is 19.3 Å². The second-order valence-electron chi connectivity index (χ2n) is 1.99. The quantitative estimate of drug-likeness (QED) is 0.407. The molecule has 1 aliphatic carbocycles. The van der Waals surface area contributed by atoms with Crippen molar-refractivity contribution in [2.24, 2.45) is 0 Å². The third-order valence-electron chi connectivity index (χ3n) is 1.35. The van der Waals surface area contributed by atoms with Gasteiger partial charge >= 0.3 is 33.9 Å². The van der Waals surface area contributed by atoms with E-state index in [2.05, 4.69) is 26.0 Å². The van der Waals surface area contributed by atoms with Crippen LogP contribution in [0.4, 0.5) is 0 Å². The van der Waals surface area contributed by atoms with Gasteiger partial charge in [0, 0.05) is 30.6 Å². The van der Waals surface area contributed by atoms with Crippen LogP contribution in [0.5, 0.6) is 0 Å². The SMILES string of the molecule is CO[C]1[CH][CH][C](C#N)C[CH]1.[C-]#[O+].[C-]#[O+].[C-]#[O+].[Mn]. The first-order valence-electron chi connectivity index (χ1n) is 3.66.